The minimum atomic E-state index is -1.00. The molecule has 0 spiro atoms. The maximum atomic E-state index is 10.3. The predicted octanol–water partition coefficient (Wildman–Crippen LogP) is 2.22. The first-order valence-electron chi connectivity index (χ1n) is 6.33. The van der Waals surface area contributed by atoms with Crippen molar-refractivity contribution in [2.24, 2.45) is 0 Å². The molecule has 1 rings (SSSR count). The van der Waals surface area contributed by atoms with E-state index in [1.54, 1.807) is 0 Å². The average Bonchev–Trinajstić information content (AvgIpc) is 2.28. The number of rotatable bonds is 6. The summed E-state index contributed by atoms with van der Waals surface area (Å²) in [4.78, 5) is 10.3. The zero-order chi connectivity index (χ0) is 14.3. The Morgan fingerprint density at radius 1 is 1.26 bits per heavy atom. The second-order valence-electron chi connectivity index (χ2n) is 5.23. The number of carbonyl (C=O) groups is 1. The summed E-state index contributed by atoms with van der Waals surface area (Å²) in [6, 6.07) is 7.84. The third-order valence-electron chi connectivity index (χ3n) is 2.28. The number of amides is 1. The van der Waals surface area contributed by atoms with E-state index in [1.807, 2.05) is 45.0 Å². The van der Waals surface area contributed by atoms with Crippen molar-refractivity contribution >= 4 is 6.09 Å². The molecule has 0 saturated heterocycles. The van der Waals surface area contributed by atoms with Gasteiger partial charge in [-0.05, 0) is 26.8 Å². The van der Waals surface area contributed by atoms with Crippen molar-refractivity contribution in [3.05, 3.63) is 29.8 Å². The van der Waals surface area contributed by atoms with Crippen molar-refractivity contribution in [2.45, 2.75) is 32.9 Å². The van der Waals surface area contributed by atoms with Gasteiger partial charge in [0.25, 0.3) is 0 Å². The van der Waals surface area contributed by atoms with Crippen LogP contribution in [-0.4, -0.2) is 29.9 Å². The molecule has 5 heteroatoms. The molecule has 1 amide bonds. The summed E-state index contributed by atoms with van der Waals surface area (Å²) in [5, 5.41) is 13.9. The Hall–Kier alpha value is -1.75. The molecule has 0 aromatic heterocycles. The molecule has 1 aromatic carbocycles. The molecule has 0 heterocycles. The van der Waals surface area contributed by atoms with Crippen LogP contribution in [0.3, 0.4) is 0 Å². The molecule has 0 fully saturated rings. The fourth-order valence-corrected chi connectivity index (χ4v) is 1.56. The van der Waals surface area contributed by atoms with Gasteiger partial charge in [0.05, 0.1) is 0 Å². The molecule has 0 aliphatic carbocycles. The molecule has 0 aliphatic rings. The molecular weight excluding hydrogens is 244 g/mol. The molecule has 1 aromatic rings. The number of benzene rings is 1. The second-order valence-corrected chi connectivity index (χ2v) is 5.23. The van der Waals surface area contributed by atoms with Crippen LogP contribution in [0.4, 0.5) is 4.79 Å². The van der Waals surface area contributed by atoms with Crippen LogP contribution < -0.4 is 15.4 Å². The van der Waals surface area contributed by atoms with Gasteiger partial charge >= 0.3 is 6.09 Å². The van der Waals surface area contributed by atoms with E-state index in [-0.39, 0.29) is 5.60 Å². The van der Waals surface area contributed by atoms with Crippen LogP contribution in [0.1, 0.15) is 26.3 Å². The molecule has 5 nitrogen and oxygen atoms in total. The van der Waals surface area contributed by atoms with Crippen molar-refractivity contribution in [2.75, 3.05) is 13.1 Å². The molecule has 19 heavy (non-hydrogen) atoms. The van der Waals surface area contributed by atoms with Gasteiger partial charge in [-0.15, -0.1) is 0 Å². The molecular formula is C14H22N2O3. The van der Waals surface area contributed by atoms with Gasteiger partial charge in [0.15, 0.2) is 0 Å². The smallest absolute Gasteiger partial charge is 0.404 e. The van der Waals surface area contributed by atoms with Crippen LogP contribution in [0.15, 0.2) is 24.3 Å². The summed E-state index contributed by atoms with van der Waals surface area (Å²) in [5.41, 5.74) is 0.828. The largest absolute Gasteiger partial charge is 0.488 e. The Morgan fingerprint density at radius 2 is 1.95 bits per heavy atom. The molecule has 106 valence electrons. The van der Waals surface area contributed by atoms with Crippen molar-refractivity contribution < 1.29 is 14.6 Å². The van der Waals surface area contributed by atoms with Gasteiger partial charge in [0.1, 0.15) is 11.4 Å². The van der Waals surface area contributed by atoms with Crippen molar-refractivity contribution in [1.82, 2.24) is 10.6 Å². The maximum absolute atomic E-state index is 10.3. The fourth-order valence-electron chi connectivity index (χ4n) is 1.56. The number of nitrogens with one attached hydrogen (secondary N) is 2. The highest BCUT2D eigenvalue weighted by Crippen LogP contribution is 2.22. The topological polar surface area (TPSA) is 70.6 Å². The molecule has 0 bridgehead atoms. The normalized spacial score (nSPS) is 11.1. The van der Waals surface area contributed by atoms with E-state index in [1.165, 1.54) is 0 Å². The summed E-state index contributed by atoms with van der Waals surface area (Å²) in [6.45, 7) is 7.64. The SMILES string of the molecule is CC(C)(C)Oc1ccccc1CNCCNC(=O)O. The summed E-state index contributed by atoms with van der Waals surface area (Å²) in [6.07, 6.45) is -1.00. The monoisotopic (exact) mass is 266 g/mol. The lowest BCUT2D eigenvalue weighted by atomic mass is 10.1. The van der Waals surface area contributed by atoms with Gasteiger partial charge in [-0.2, -0.15) is 0 Å². The zero-order valence-electron chi connectivity index (χ0n) is 11.7. The van der Waals surface area contributed by atoms with Crippen LogP contribution in [-0.2, 0) is 6.54 Å². The third-order valence-corrected chi connectivity index (χ3v) is 2.28. The standard InChI is InChI=1S/C14H22N2O3/c1-14(2,3)19-12-7-5-4-6-11(12)10-15-8-9-16-13(17)18/h4-7,15-16H,8-10H2,1-3H3,(H,17,18). The Labute approximate surface area is 114 Å². The Balaban J connectivity index is 2.47. The quantitative estimate of drug-likeness (QED) is 0.690. The number of para-hydroxylation sites is 1. The minimum Gasteiger partial charge on any atom is -0.488 e. The zero-order valence-corrected chi connectivity index (χ0v) is 11.7. The lowest BCUT2D eigenvalue weighted by molar-refractivity contribution is 0.129. The molecule has 0 atom stereocenters. The lowest BCUT2D eigenvalue weighted by Gasteiger charge is -2.23. The first kappa shape index (κ1) is 15.3. The molecule has 0 aliphatic heterocycles. The highest BCUT2D eigenvalue weighted by Gasteiger charge is 2.13. The molecule has 3 N–H and O–H groups in total. The summed E-state index contributed by atoms with van der Waals surface area (Å²) >= 11 is 0. The van der Waals surface area contributed by atoms with Crippen LogP contribution in [0.2, 0.25) is 0 Å². The van der Waals surface area contributed by atoms with Crippen LogP contribution in [0.25, 0.3) is 0 Å². The van der Waals surface area contributed by atoms with Gasteiger partial charge in [-0.1, -0.05) is 18.2 Å². The Bertz CT molecular complexity index is 413. The Morgan fingerprint density at radius 3 is 2.58 bits per heavy atom. The number of ether oxygens (including phenoxy) is 1. The average molecular weight is 266 g/mol. The van der Waals surface area contributed by atoms with E-state index >= 15 is 0 Å². The van der Waals surface area contributed by atoms with Gasteiger partial charge in [0.2, 0.25) is 0 Å². The summed E-state index contributed by atoms with van der Waals surface area (Å²) in [7, 11) is 0. The highest BCUT2D eigenvalue weighted by atomic mass is 16.5. The van der Waals surface area contributed by atoms with Gasteiger partial charge in [-0.3, -0.25) is 0 Å². The summed E-state index contributed by atoms with van der Waals surface area (Å²) in [5.74, 6) is 0.855. The third kappa shape index (κ3) is 6.67. The van der Waals surface area contributed by atoms with Gasteiger partial charge < -0.3 is 20.5 Å². The Kier molecular flexibility index (Phi) is 5.63. The first-order chi connectivity index (χ1) is 8.88. The van der Waals surface area contributed by atoms with E-state index in [9.17, 15) is 4.79 Å². The minimum absolute atomic E-state index is 0.235. The lowest BCUT2D eigenvalue weighted by Crippen LogP contribution is -2.30. The van der Waals surface area contributed by atoms with E-state index in [0.717, 1.165) is 11.3 Å². The van der Waals surface area contributed by atoms with Gasteiger partial charge in [-0.25, -0.2) is 4.79 Å². The molecule has 0 unspecified atom stereocenters. The number of hydrogen-bond acceptors (Lipinski definition) is 3. The predicted molar refractivity (Wildman–Crippen MR) is 74.6 cm³/mol. The van der Waals surface area contributed by atoms with Crippen molar-refractivity contribution in [3.8, 4) is 5.75 Å². The number of carboxylic acid groups (broad SMARTS) is 1. The van der Waals surface area contributed by atoms with E-state index < -0.39 is 6.09 Å². The van der Waals surface area contributed by atoms with Crippen LogP contribution >= 0.6 is 0 Å². The highest BCUT2D eigenvalue weighted by molar-refractivity contribution is 5.64. The number of hydrogen-bond donors (Lipinski definition) is 3. The van der Waals surface area contributed by atoms with Crippen LogP contribution in [0.5, 0.6) is 5.75 Å². The van der Waals surface area contributed by atoms with Crippen LogP contribution in [0, 0.1) is 0 Å². The summed E-state index contributed by atoms with van der Waals surface area (Å²) < 4.78 is 5.88. The maximum Gasteiger partial charge on any atom is 0.404 e. The van der Waals surface area contributed by atoms with Gasteiger partial charge in [0, 0.05) is 25.2 Å². The van der Waals surface area contributed by atoms with E-state index in [2.05, 4.69) is 10.6 Å². The second kappa shape index (κ2) is 6.99. The first-order valence-corrected chi connectivity index (χ1v) is 6.33. The molecule has 0 radical (unpaired) electrons. The van der Waals surface area contributed by atoms with Crippen molar-refractivity contribution in [1.29, 1.82) is 0 Å². The van der Waals surface area contributed by atoms with E-state index in [4.69, 9.17) is 9.84 Å². The fraction of sp³-hybridized carbons (Fsp3) is 0.500. The van der Waals surface area contributed by atoms with Crippen molar-refractivity contribution in [3.63, 3.8) is 0 Å². The van der Waals surface area contributed by atoms with E-state index in [0.29, 0.717) is 19.6 Å². The molecule has 0 saturated carbocycles.